The molecule has 0 aliphatic carbocycles. The minimum absolute atomic E-state index is 0. The average Bonchev–Trinajstić information content (AvgIpc) is 2.93. The fourth-order valence-electron chi connectivity index (χ4n) is 3.53. The lowest BCUT2D eigenvalue weighted by Gasteiger charge is -2.28. The van der Waals surface area contributed by atoms with Crippen molar-refractivity contribution >= 4 is 23.5 Å². The van der Waals surface area contributed by atoms with Gasteiger partial charge in [-0.05, 0) is 31.9 Å². The van der Waals surface area contributed by atoms with Gasteiger partial charge in [-0.25, -0.2) is 9.97 Å². The minimum atomic E-state index is -0.348. The van der Waals surface area contributed by atoms with E-state index >= 15 is 0 Å². The van der Waals surface area contributed by atoms with E-state index in [2.05, 4.69) is 20.3 Å². The van der Waals surface area contributed by atoms with Gasteiger partial charge in [0.1, 0.15) is 11.5 Å². The summed E-state index contributed by atoms with van der Waals surface area (Å²) in [6.07, 6.45) is 6.24. The molecular weight excluding hydrogens is 372 g/mol. The molecular formula is C20H22N6O3. The summed E-state index contributed by atoms with van der Waals surface area (Å²) in [5, 5.41) is 2.74. The standard InChI is InChI=1S/C20H20N6O3.H2/c1-12-8-21-10-15(23-12)13-5-6-16(22-9-13)24-17(27)11-26-7-3-4-14-18(26)20(29)25(2)19(14)28;/h5-6,8-10H,3-4,7,11H2,1-2H3,(H,22,24,27);1H. The molecule has 2 aromatic heterocycles. The molecule has 0 fully saturated rings. The van der Waals surface area contributed by atoms with Gasteiger partial charge >= 0.3 is 0 Å². The Hall–Kier alpha value is -3.62. The van der Waals surface area contributed by atoms with Crippen molar-refractivity contribution in [1.29, 1.82) is 0 Å². The first-order valence-corrected chi connectivity index (χ1v) is 9.29. The van der Waals surface area contributed by atoms with Gasteiger partial charge in [0.25, 0.3) is 11.8 Å². The number of aryl methyl sites for hydroxylation is 1. The maximum atomic E-state index is 12.5. The van der Waals surface area contributed by atoms with Crippen LogP contribution in [0.4, 0.5) is 5.82 Å². The van der Waals surface area contributed by atoms with Crippen LogP contribution in [-0.4, -0.2) is 62.6 Å². The van der Waals surface area contributed by atoms with Gasteiger partial charge in [0.05, 0.1) is 24.1 Å². The van der Waals surface area contributed by atoms with Crippen LogP contribution >= 0.6 is 0 Å². The van der Waals surface area contributed by atoms with E-state index in [9.17, 15) is 14.4 Å². The lowest BCUT2D eigenvalue weighted by Crippen LogP contribution is -2.38. The predicted octanol–water partition coefficient (Wildman–Crippen LogP) is 1.38. The first-order chi connectivity index (χ1) is 13.9. The molecule has 29 heavy (non-hydrogen) atoms. The number of amides is 3. The van der Waals surface area contributed by atoms with Crippen molar-refractivity contribution in [3.05, 3.63) is 47.7 Å². The van der Waals surface area contributed by atoms with Crippen LogP contribution < -0.4 is 5.32 Å². The summed E-state index contributed by atoms with van der Waals surface area (Å²) in [5.41, 5.74) is 3.15. The third-order valence-corrected chi connectivity index (χ3v) is 4.94. The molecule has 4 heterocycles. The number of hydrogen-bond acceptors (Lipinski definition) is 7. The summed E-state index contributed by atoms with van der Waals surface area (Å²) in [6.45, 7) is 2.40. The molecule has 0 bridgehead atoms. The molecule has 3 amide bonds. The van der Waals surface area contributed by atoms with Gasteiger partial charge in [0.2, 0.25) is 5.91 Å². The average molecular weight is 394 g/mol. The maximum Gasteiger partial charge on any atom is 0.277 e. The molecule has 150 valence electrons. The molecule has 1 N–H and O–H groups in total. The number of nitrogens with one attached hydrogen (secondary N) is 1. The number of rotatable bonds is 4. The molecule has 0 spiro atoms. The molecule has 2 aromatic rings. The van der Waals surface area contributed by atoms with Crippen LogP contribution in [0, 0.1) is 6.92 Å². The van der Waals surface area contributed by atoms with Crippen molar-refractivity contribution < 1.29 is 15.8 Å². The number of aromatic nitrogens is 3. The van der Waals surface area contributed by atoms with Crippen molar-refractivity contribution in [3.63, 3.8) is 0 Å². The lowest BCUT2D eigenvalue weighted by molar-refractivity contribution is -0.136. The summed E-state index contributed by atoms with van der Waals surface area (Å²) in [4.78, 5) is 52.5. The second kappa shape index (κ2) is 7.42. The van der Waals surface area contributed by atoms with E-state index in [0.29, 0.717) is 35.7 Å². The number of carbonyl (C=O) groups is 3. The lowest BCUT2D eigenvalue weighted by atomic mass is 10.0. The third-order valence-electron chi connectivity index (χ3n) is 4.94. The van der Waals surface area contributed by atoms with Crippen molar-refractivity contribution in [2.24, 2.45) is 0 Å². The number of pyridine rings is 1. The fraction of sp³-hybridized carbons (Fsp3) is 0.300. The van der Waals surface area contributed by atoms with E-state index in [1.165, 1.54) is 7.05 Å². The summed E-state index contributed by atoms with van der Waals surface area (Å²) in [7, 11) is 1.46. The van der Waals surface area contributed by atoms with Gasteiger partial charge in [-0.1, -0.05) is 0 Å². The van der Waals surface area contributed by atoms with Gasteiger partial charge in [0.15, 0.2) is 0 Å². The highest BCUT2D eigenvalue weighted by molar-refractivity contribution is 6.19. The van der Waals surface area contributed by atoms with Crippen molar-refractivity contribution in [1.82, 2.24) is 24.8 Å². The number of carbonyl (C=O) groups excluding carboxylic acids is 3. The van der Waals surface area contributed by atoms with Gasteiger partial charge < -0.3 is 10.2 Å². The molecule has 4 rings (SSSR count). The van der Waals surface area contributed by atoms with Crippen molar-refractivity contribution in [3.8, 4) is 11.3 Å². The first kappa shape index (κ1) is 18.7. The van der Waals surface area contributed by atoms with Crippen LogP contribution in [0.25, 0.3) is 11.3 Å². The molecule has 2 aliphatic rings. The highest BCUT2D eigenvalue weighted by Crippen LogP contribution is 2.30. The Kier molecular flexibility index (Phi) is 4.79. The van der Waals surface area contributed by atoms with E-state index < -0.39 is 0 Å². The molecule has 2 aliphatic heterocycles. The van der Waals surface area contributed by atoms with Crippen LogP contribution in [0.2, 0.25) is 0 Å². The zero-order valence-electron chi connectivity index (χ0n) is 16.2. The minimum Gasteiger partial charge on any atom is -0.357 e. The number of likely N-dealkylation sites (N-methyl/N-ethyl adjacent to an activating group) is 1. The zero-order valence-corrected chi connectivity index (χ0v) is 16.2. The van der Waals surface area contributed by atoms with Gasteiger partial charge in [-0.2, -0.15) is 0 Å². The Labute approximate surface area is 168 Å². The van der Waals surface area contributed by atoms with E-state index in [1.54, 1.807) is 29.6 Å². The Morgan fingerprint density at radius 1 is 1.21 bits per heavy atom. The normalized spacial score (nSPS) is 16.3. The highest BCUT2D eigenvalue weighted by atomic mass is 16.2. The summed E-state index contributed by atoms with van der Waals surface area (Å²) in [5.74, 6) is -0.522. The quantitative estimate of drug-likeness (QED) is 0.781. The Morgan fingerprint density at radius 3 is 2.76 bits per heavy atom. The Balaban J connectivity index is 0.00000256. The van der Waals surface area contributed by atoms with Gasteiger partial charge in [-0.3, -0.25) is 24.3 Å². The molecule has 0 radical (unpaired) electrons. The second-order valence-corrected chi connectivity index (χ2v) is 7.05. The van der Waals surface area contributed by atoms with E-state index in [1.807, 2.05) is 13.0 Å². The summed E-state index contributed by atoms with van der Waals surface area (Å²) >= 11 is 0. The van der Waals surface area contributed by atoms with E-state index in [-0.39, 0.29) is 25.7 Å². The van der Waals surface area contributed by atoms with E-state index in [0.717, 1.165) is 22.6 Å². The molecule has 0 atom stereocenters. The monoisotopic (exact) mass is 394 g/mol. The van der Waals surface area contributed by atoms with Gasteiger partial charge in [-0.15, -0.1) is 0 Å². The number of nitrogens with zero attached hydrogens (tertiary/aromatic N) is 5. The largest absolute Gasteiger partial charge is 0.357 e. The van der Waals surface area contributed by atoms with Crippen LogP contribution in [0.15, 0.2) is 42.0 Å². The van der Waals surface area contributed by atoms with Gasteiger partial charge in [0, 0.05) is 38.5 Å². The Bertz CT molecular complexity index is 1040. The second-order valence-electron chi connectivity index (χ2n) is 7.05. The fourth-order valence-corrected chi connectivity index (χ4v) is 3.53. The van der Waals surface area contributed by atoms with Crippen molar-refractivity contribution in [2.45, 2.75) is 19.8 Å². The van der Waals surface area contributed by atoms with Crippen LogP contribution in [0.3, 0.4) is 0 Å². The third kappa shape index (κ3) is 3.58. The van der Waals surface area contributed by atoms with E-state index in [4.69, 9.17) is 0 Å². The van der Waals surface area contributed by atoms with Crippen LogP contribution in [0.5, 0.6) is 0 Å². The molecule has 0 saturated carbocycles. The maximum absolute atomic E-state index is 12.5. The number of hydrogen-bond donors (Lipinski definition) is 1. The molecule has 0 aromatic carbocycles. The Morgan fingerprint density at radius 2 is 2.03 bits per heavy atom. The smallest absolute Gasteiger partial charge is 0.277 e. The SMILES string of the molecule is Cc1cncc(-c2ccc(NC(=O)CN3CCCC4=C3C(=O)N(C)C4=O)nc2)n1.[HH]. The summed E-state index contributed by atoms with van der Waals surface area (Å²) < 4.78 is 0. The van der Waals surface area contributed by atoms with Crippen molar-refractivity contribution in [2.75, 3.05) is 25.5 Å². The topological polar surface area (TPSA) is 108 Å². The number of anilines is 1. The molecule has 0 unspecified atom stereocenters. The molecule has 0 saturated heterocycles. The number of imide groups is 1. The van der Waals surface area contributed by atoms with Crippen LogP contribution in [0.1, 0.15) is 20.0 Å². The highest BCUT2D eigenvalue weighted by Gasteiger charge is 2.40. The van der Waals surface area contributed by atoms with Crippen LogP contribution in [-0.2, 0) is 14.4 Å². The zero-order chi connectivity index (χ0) is 20.5. The summed E-state index contributed by atoms with van der Waals surface area (Å²) in [6, 6.07) is 3.50. The first-order valence-electron chi connectivity index (χ1n) is 9.29. The molecule has 9 heteroatoms. The molecule has 9 nitrogen and oxygen atoms in total. The predicted molar refractivity (Wildman–Crippen MR) is 106 cm³/mol.